The molecule has 0 radical (unpaired) electrons. The molecule has 1 aliphatic heterocycles. The zero-order valence-corrected chi connectivity index (χ0v) is 16.7. The molecule has 0 spiro atoms. The summed E-state index contributed by atoms with van der Waals surface area (Å²) in [5.41, 5.74) is 5.18. The number of anilines is 1. The Hall–Kier alpha value is -2.48. The summed E-state index contributed by atoms with van der Waals surface area (Å²) in [6.07, 6.45) is 2.29. The number of benzene rings is 3. The van der Waals surface area contributed by atoms with Crippen LogP contribution in [0.3, 0.4) is 0 Å². The zero-order valence-electron chi connectivity index (χ0n) is 14.9. The van der Waals surface area contributed by atoms with E-state index in [1.54, 1.807) is 0 Å². The van der Waals surface area contributed by atoms with Crippen molar-refractivity contribution in [3.05, 3.63) is 84.1 Å². The third-order valence-corrected chi connectivity index (χ3v) is 7.57. The van der Waals surface area contributed by atoms with E-state index in [0.717, 1.165) is 6.67 Å². The fraction of sp³-hybridized carbons (Fsp3) is 0.130. The van der Waals surface area contributed by atoms with E-state index in [9.17, 15) is 0 Å². The molecular formula is C23H20N2Se. The van der Waals surface area contributed by atoms with Gasteiger partial charge >= 0.3 is 160 Å². The third kappa shape index (κ3) is 2.47. The zero-order chi connectivity index (χ0) is 17.7. The van der Waals surface area contributed by atoms with Crippen LogP contribution < -0.4 is 4.90 Å². The van der Waals surface area contributed by atoms with E-state index in [2.05, 4.69) is 96.7 Å². The standard InChI is InChI=1S/C23H20N2Se/c1-16-7-3-5-9-20(16)25-14-21(24(2)15-25)17-11-12-23-19(13-17)18-8-4-6-10-22(18)26-23/h3-14H,15H2,1-2H3. The molecule has 3 aromatic carbocycles. The van der Waals surface area contributed by atoms with E-state index in [4.69, 9.17) is 0 Å². The molecule has 0 fully saturated rings. The molecular weight excluding hydrogens is 383 g/mol. The molecule has 0 aliphatic carbocycles. The third-order valence-electron chi connectivity index (χ3n) is 5.15. The second-order valence-corrected chi connectivity index (χ2v) is 9.19. The molecule has 26 heavy (non-hydrogen) atoms. The summed E-state index contributed by atoms with van der Waals surface area (Å²) in [6.45, 7) is 3.06. The average molecular weight is 403 g/mol. The molecule has 4 aromatic rings. The molecule has 0 atom stereocenters. The SMILES string of the molecule is Cc1ccccc1N1C=C(c2ccc3[se]c4ccccc4c3c2)N(C)C1. The van der Waals surface area contributed by atoms with Gasteiger partial charge in [-0.1, -0.05) is 0 Å². The summed E-state index contributed by atoms with van der Waals surface area (Å²) in [6, 6.07) is 24.4. The minimum absolute atomic E-state index is 0.438. The monoisotopic (exact) mass is 404 g/mol. The molecule has 0 unspecified atom stereocenters. The molecule has 2 nitrogen and oxygen atoms in total. The number of aryl methyl sites for hydroxylation is 1. The number of para-hydroxylation sites is 1. The van der Waals surface area contributed by atoms with E-state index in [-0.39, 0.29) is 0 Å². The summed E-state index contributed by atoms with van der Waals surface area (Å²) in [5, 5.41) is 2.84. The van der Waals surface area contributed by atoms with Crippen LogP contribution in [-0.4, -0.2) is 33.1 Å². The van der Waals surface area contributed by atoms with E-state index in [1.165, 1.54) is 41.8 Å². The van der Waals surface area contributed by atoms with Gasteiger partial charge in [0.2, 0.25) is 0 Å². The fourth-order valence-electron chi connectivity index (χ4n) is 3.80. The van der Waals surface area contributed by atoms with Gasteiger partial charge in [-0.15, -0.1) is 0 Å². The molecule has 5 rings (SSSR count). The van der Waals surface area contributed by atoms with Crippen molar-refractivity contribution >= 4 is 45.2 Å². The molecule has 128 valence electrons. The molecule has 0 saturated heterocycles. The second-order valence-electron chi connectivity index (χ2n) is 6.92. The summed E-state index contributed by atoms with van der Waals surface area (Å²) in [4.78, 5) is 4.68. The van der Waals surface area contributed by atoms with Gasteiger partial charge in [-0.25, -0.2) is 0 Å². The molecule has 2 heterocycles. The van der Waals surface area contributed by atoms with Gasteiger partial charge in [0.05, 0.1) is 0 Å². The van der Waals surface area contributed by atoms with Crippen molar-refractivity contribution in [1.29, 1.82) is 0 Å². The number of hydrogen-bond acceptors (Lipinski definition) is 2. The molecule has 3 heteroatoms. The Morgan fingerprint density at radius 2 is 1.62 bits per heavy atom. The van der Waals surface area contributed by atoms with Crippen LogP contribution in [0.25, 0.3) is 25.0 Å². The van der Waals surface area contributed by atoms with Crippen molar-refractivity contribution in [2.24, 2.45) is 0 Å². The number of fused-ring (bicyclic) bond motifs is 3. The number of nitrogens with zero attached hydrogens (tertiary/aromatic N) is 2. The predicted molar refractivity (Wildman–Crippen MR) is 113 cm³/mol. The van der Waals surface area contributed by atoms with Crippen LogP contribution in [0.15, 0.2) is 72.9 Å². The van der Waals surface area contributed by atoms with Crippen molar-refractivity contribution < 1.29 is 0 Å². The van der Waals surface area contributed by atoms with E-state index >= 15 is 0 Å². The maximum absolute atomic E-state index is 2.38. The van der Waals surface area contributed by atoms with Crippen molar-refractivity contribution in [3.8, 4) is 0 Å². The van der Waals surface area contributed by atoms with Crippen molar-refractivity contribution in [2.45, 2.75) is 6.92 Å². The first-order valence-corrected chi connectivity index (χ1v) is 10.6. The van der Waals surface area contributed by atoms with Crippen LogP contribution in [-0.2, 0) is 0 Å². The fourth-order valence-corrected chi connectivity index (χ4v) is 6.08. The number of rotatable bonds is 2. The Balaban J connectivity index is 1.61. The van der Waals surface area contributed by atoms with Crippen LogP contribution in [0.2, 0.25) is 0 Å². The van der Waals surface area contributed by atoms with Gasteiger partial charge in [0.25, 0.3) is 0 Å². The van der Waals surface area contributed by atoms with Crippen molar-refractivity contribution in [2.75, 3.05) is 18.6 Å². The quantitative estimate of drug-likeness (QED) is 0.432. The Morgan fingerprint density at radius 1 is 0.846 bits per heavy atom. The van der Waals surface area contributed by atoms with Gasteiger partial charge in [-0.05, 0) is 0 Å². The first kappa shape index (κ1) is 15.7. The Morgan fingerprint density at radius 3 is 2.50 bits per heavy atom. The van der Waals surface area contributed by atoms with E-state index in [1.807, 2.05) is 0 Å². The maximum atomic E-state index is 2.38. The van der Waals surface area contributed by atoms with Gasteiger partial charge in [-0.3, -0.25) is 0 Å². The summed E-state index contributed by atoms with van der Waals surface area (Å²) >= 11 is 0.438. The van der Waals surface area contributed by atoms with Gasteiger partial charge in [0.1, 0.15) is 0 Å². The summed E-state index contributed by atoms with van der Waals surface area (Å²) in [7, 11) is 2.18. The summed E-state index contributed by atoms with van der Waals surface area (Å²) < 4.78 is 3.00. The van der Waals surface area contributed by atoms with Crippen LogP contribution in [0.5, 0.6) is 0 Å². The van der Waals surface area contributed by atoms with Crippen LogP contribution in [0.4, 0.5) is 5.69 Å². The van der Waals surface area contributed by atoms with Gasteiger partial charge in [0.15, 0.2) is 0 Å². The van der Waals surface area contributed by atoms with Crippen molar-refractivity contribution in [1.82, 2.24) is 4.90 Å². The predicted octanol–water partition coefficient (Wildman–Crippen LogP) is 5.07. The second kappa shape index (κ2) is 6.05. The Bertz CT molecular complexity index is 1160. The van der Waals surface area contributed by atoms with Gasteiger partial charge in [-0.2, -0.15) is 0 Å². The molecule has 1 aliphatic rings. The minimum atomic E-state index is 0.438. The first-order valence-electron chi connectivity index (χ1n) is 8.87. The molecule has 0 bridgehead atoms. The van der Waals surface area contributed by atoms with Crippen molar-refractivity contribution in [3.63, 3.8) is 0 Å². The average Bonchev–Trinajstić information content (AvgIpc) is 3.22. The molecule has 0 amide bonds. The molecule has 1 aromatic heterocycles. The first-order chi connectivity index (χ1) is 12.7. The van der Waals surface area contributed by atoms with E-state index < -0.39 is 0 Å². The topological polar surface area (TPSA) is 6.48 Å². The van der Waals surface area contributed by atoms with Gasteiger partial charge < -0.3 is 0 Å². The summed E-state index contributed by atoms with van der Waals surface area (Å²) in [5.74, 6) is 0. The van der Waals surface area contributed by atoms with Gasteiger partial charge in [0, 0.05) is 0 Å². The van der Waals surface area contributed by atoms with Crippen LogP contribution in [0.1, 0.15) is 11.1 Å². The van der Waals surface area contributed by atoms with E-state index in [0.29, 0.717) is 14.5 Å². The van der Waals surface area contributed by atoms with Crippen LogP contribution in [0, 0.1) is 6.92 Å². The molecule has 0 N–H and O–H groups in total. The Kier molecular flexibility index (Phi) is 3.66. The van der Waals surface area contributed by atoms with Crippen LogP contribution >= 0.6 is 0 Å². The molecule has 0 saturated carbocycles. The normalized spacial score (nSPS) is 14.5. The Labute approximate surface area is 159 Å². The number of hydrogen-bond donors (Lipinski definition) is 0.